The van der Waals surface area contributed by atoms with E-state index in [0.717, 1.165) is 61.1 Å². The van der Waals surface area contributed by atoms with Gasteiger partial charge in [-0.3, -0.25) is 19.2 Å². The fraction of sp³-hybridized carbons (Fsp3) is 0.414. The van der Waals surface area contributed by atoms with E-state index in [1.54, 1.807) is 24.4 Å². The molecule has 1 unspecified atom stereocenters. The van der Waals surface area contributed by atoms with E-state index >= 15 is 0 Å². The molecule has 0 bridgehead atoms. The zero-order valence-corrected chi connectivity index (χ0v) is 23.2. The average Bonchev–Trinajstić information content (AvgIpc) is 3.44. The van der Waals surface area contributed by atoms with Crippen LogP contribution in [0.3, 0.4) is 0 Å². The third-order valence-corrected chi connectivity index (χ3v) is 9.32. The fourth-order valence-corrected chi connectivity index (χ4v) is 7.29. The van der Waals surface area contributed by atoms with E-state index in [9.17, 15) is 22.8 Å². The minimum Gasteiger partial charge on any atom is -0.300 e. The number of carbonyl (C=O) groups excluding carboxylic acids is 2. The summed E-state index contributed by atoms with van der Waals surface area (Å²) in [6.45, 7) is 2.59. The monoisotopic (exact) mass is 588 g/mol. The van der Waals surface area contributed by atoms with Gasteiger partial charge in [0, 0.05) is 23.0 Å². The molecule has 3 aromatic rings. The van der Waals surface area contributed by atoms with Gasteiger partial charge < -0.3 is 4.90 Å². The van der Waals surface area contributed by atoms with Crippen LogP contribution in [0.25, 0.3) is 17.0 Å². The van der Waals surface area contributed by atoms with Gasteiger partial charge in [-0.15, -0.1) is 0 Å². The van der Waals surface area contributed by atoms with Crippen molar-refractivity contribution in [3.8, 4) is 0 Å². The summed E-state index contributed by atoms with van der Waals surface area (Å²) < 4.78 is 42.2. The van der Waals surface area contributed by atoms with Crippen molar-refractivity contribution in [2.24, 2.45) is 5.92 Å². The van der Waals surface area contributed by atoms with Crippen molar-refractivity contribution in [1.29, 1.82) is 0 Å². The van der Waals surface area contributed by atoms with Gasteiger partial charge in [0.1, 0.15) is 0 Å². The van der Waals surface area contributed by atoms with E-state index in [0.29, 0.717) is 28.9 Å². The first-order chi connectivity index (χ1) is 19.2. The van der Waals surface area contributed by atoms with Gasteiger partial charge in [-0.25, -0.2) is 0 Å². The maximum absolute atomic E-state index is 13.6. The fourth-order valence-electron chi connectivity index (χ4n) is 6.27. The first-order valence-corrected chi connectivity index (χ1v) is 14.7. The summed E-state index contributed by atoms with van der Waals surface area (Å²) in [5.74, 6) is 0.0451. The number of benzene rings is 2. The number of halogens is 4. The van der Waals surface area contributed by atoms with Crippen LogP contribution in [0.5, 0.6) is 0 Å². The molecular weight excluding hydrogens is 561 g/mol. The molecule has 3 aliphatic heterocycles. The highest BCUT2D eigenvalue weighted by Gasteiger charge is 2.40. The Labute approximate surface area is 239 Å². The number of fused-ring (bicyclic) bond motifs is 2. The Hall–Kier alpha value is -2.82. The Morgan fingerprint density at radius 3 is 2.70 bits per heavy atom. The number of imide groups is 1. The van der Waals surface area contributed by atoms with Crippen LogP contribution < -0.4 is 0 Å². The number of hydrogen-bond acceptors (Lipinski definition) is 5. The van der Waals surface area contributed by atoms with E-state index in [1.165, 1.54) is 34.6 Å². The van der Waals surface area contributed by atoms with Crippen LogP contribution in [0, 0.1) is 5.92 Å². The van der Waals surface area contributed by atoms with Crippen molar-refractivity contribution < 1.29 is 22.8 Å². The maximum Gasteiger partial charge on any atom is 0.416 e. The topological polar surface area (TPSA) is 58.4 Å². The molecule has 1 aromatic heterocycles. The quantitative estimate of drug-likeness (QED) is 0.299. The minimum atomic E-state index is -4.54. The van der Waals surface area contributed by atoms with Crippen LogP contribution in [0.4, 0.5) is 18.0 Å². The van der Waals surface area contributed by atoms with Crippen LogP contribution in [0.2, 0.25) is 5.02 Å². The molecule has 2 aromatic carbocycles. The molecule has 3 aliphatic rings. The van der Waals surface area contributed by atoms with Gasteiger partial charge in [-0.05, 0) is 97.9 Å². The highest BCUT2D eigenvalue weighted by molar-refractivity contribution is 8.18. The lowest BCUT2D eigenvalue weighted by Gasteiger charge is -2.45. The average molecular weight is 589 g/mol. The summed E-state index contributed by atoms with van der Waals surface area (Å²) in [6, 6.07) is 9.53. The molecule has 40 heavy (non-hydrogen) atoms. The summed E-state index contributed by atoms with van der Waals surface area (Å²) >= 11 is 6.77. The largest absolute Gasteiger partial charge is 0.416 e. The molecule has 3 fully saturated rings. The van der Waals surface area contributed by atoms with Crippen molar-refractivity contribution in [3.63, 3.8) is 0 Å². The van der Waals surface area contributed by atoms with E-state index in [1.807, 2.05) is 6.07 Å². The Kier molecular flexibility index (Phi) is 7.43. The zero-order chi connectivity index (χ0) is 28.0. The Bertz CT molecular complexity index is 1500. The highest BCUT2D eigenvalue weighted by atomic mass is 35.5. The highest BCUT2D eigenvalue weighted by Crippen LogP contribution is 2.38. The maximum atomic E-state index is 13.6. The number of thioether (sulfide) groups is 1. The number of hydrogen-bond donors (Lipinski definition) is 0. The van der Waals surface area contributed by atoms with Crippen molar-refractivity contribution >= 4 is 51.5 Å². The Balaban J connectivity index is 1.19. The van der Waals surface area contributed by atoms with Gasteiger partial charge >= 0.3 is 6.18 Å². The minimum absolute atomic E-state index is 0.0187. The lowest BCUT2D eigenvalue weighted by molar-refractivity contribution is -0.138. The molecule has 6 rings (SSSR count). The number of nitrogens with zero attached hydrogens (tertiary/aromatic N) is 4. The lowest BCUT2D eigenvalue weighted by Crippen LogP contribution is -2.51. The van der Waals surface area contributed by atoms with Gasteiger partial charge in [0.25, 0.3) is 11.1 Å². The predicted octanol–water partition coefficient (Wildman–Crippen LogP) is 7.06. The van der Waals surface area contributed by atoms with Crippen LogP contribution in [0.15, 0.2) is 47.5 Å². The summed E-state index contributed by atoms with van der Waals surface area (Å²) in [7, 11) is 0. The van der Waals surface area contributed by atoms with E-state index in [4.69, 9.17) is 11.6 Å². The molecule has 0 spiro atoms. The second-order valence-corrected chi connectivity index (χ2v) is 12.1. The van der Waals surface area contributed by atoms with Gasteiger partial charge in [-0.2, -0.15) is 18.3 Å². The van der Waals surface area contributed by atoms with Crippen molar-refractivity contribution in [3.05, 3.63) is 69.2 Å². The number of rotatable bonds is 5. The molecule has 210 valence electrons. The lowest BCUT2D eigenvalue weighted by atomic mass is 9.83. The van der Waals surface area contributed by atoms with Gasteiger partial charge in [-0.1, -0.05) is 30.2 Å². The molecule has 4 heterocycles. The SMILES string of the molecule is O=C1S/C(=C\c2ccc3c(cnn3Cc3ccc(Cl)cc3C(F)(F)F)c2)C(=O)N1C[C@@H]1CCCN2CCCCC12. The van der Waals surface area contributed by atoms with E-state index < -0.39 is 11.7 Å². The summed E-state index contributed by atoms with van der Waals surface area (Å²) in [6.07, 6.45) is 4.41. The van der Waals surface area contributed by atoms with Crippen LogP contribution in [0.1, 0.15) is 48.8 Å². The summed E-state index contributed by atoms with van der Waals surface area (Å²) in [5.41, 5.74) is 0.646. The van der Waals surface area contributed by atoms with Crippen LogP contribution in [-0.4, -0.2) is 56.4 Å². The molecule has 3 saturated heterocycles. The second-order valence-electron chi connectivity index (χ2n) is 10.7. The smallest absolute Gasteiger partial charge is 0.300 e. The third kappa shape index (κ3) is 5.41. The normalized spacial score (nSPS) is 23.4. The number of piperidine rings is 2. The van der Waals surface area contributed by atoms with Crippen molar-refractivity contribution in [2.75, 3.05) is 19.6 Å². The van der Waals surface area contributed by atoms with Gasteiger partial charge in [0.15, 0.2) is 0 Å². The van der Waals surface area contributed by atoms with E-state index in [-0.39, 0.29) is 28.3 Å². The molecule has 11 heteroatoms. The van der Waals surface area contributed by atoms with Crippen molar-refractivity contribution in [2.45, 2.75) is 50.9 Å². The molecule has 0 radical (unpaired) electrons. The molecule has 2 amide bonds. The standard InChI is InChI=1S/C29H28ClF3N4O2S/c30-22-8-7-19(23(14-22)29(31,32)33)17-37-25-9-6-18(12-21(25)15-34-37)13-26-27(38)36(28(39)40-26)16-20-4-3-11-35-10-2-1-5-24(20)35/h6-9,12-15,20,24H,1-5,10-11,16-17H2/b26-13-/t20-,24?/m0/s1. The molecule has 0 aliphatic carbocycles. The molecular formula is C29H28ClF3N4O2S. The van der Waals surface area contributed by atoms with Gasteiger partial charge in [0.05, 0.1) is 28.7 Å². The molecule has 2 atom stereocenters. The third-order valence-electron chi connectivity index (χ3n) is 8.18. The van der Waals surface area contributed by atoms with Gasteiger partial charge in [0.2, 0.25) is 0 Å². The molecule has 0 N–H and O–H groups in total. The van der Waals surface area contributed by atoms with Crippen LogP contribution >= 0.6 is 23.4 Å². The predicted molar refractivity (Wildman–Crippen MR) is 150 cm³/mol. The number of carbonyl (C=O) groups is 2. The zero-order valence-electron chi connectivity index (χ0n) is 21.7. The summed E-state index contributed by atoms with van der Waals surface area (Å²) in [4.78, 5) is 30.4. The number of aromatic nitrogens is 2. The Morgan fingerprint density at radius 2 is 1.88 bits per heavy atom. The van der Waals surface area contributed by atoms with Crippen molar-refractivity contribution in [1.82, 2.24) is 19.6 Å². The molecule has 6 nitrogen and oxygen atoms in total. The molecule has 0 saturated carbocycles. The number of amides is 2. The second kappa shape index (κ2) is 10.9. The Morgan fingerprint density at radius 1 is 1.05 bits per heavy atom. The number of alkyl halides is 3. The summed E-state index contributed by atoms with van der Waals surface area (Å²) in [5, 5.41) is 4.81. The first-order valence-electron chi connectivity index (χ1n) is 13.5. The van der Waals surface area contributed by atoms with Crippen LogP contribution in [-0.2, 0) is 17.5 Å². The van der Waals surface area contributed by atoms with E-state index in [2.05, 4.69) is 10.00 Å². The first kappa shape index (κ1) is 27.4.